The summed E-state index contributed by atoms with van der Waals surface area (Å²) in [6, 6.07) is 9.57. The first kappa shape index (κ1) is 14.9. The van der Waals surface area contributed by atoms with Crippen LogP contribution in [0.1, 0.15) is 11.3 Å². The van der Waals surface area contributed by atoms with Gasteiger partial charge < -0.3 is 10.1 Å². The number of ether oxygens (including phenoxy) is 1. The van der Waals surface area contributed by atoms with E-state index in [9.17, 15) is 4.39 Å². The highest BCUT2D eigenvalue weighted by Gasteiger charge is 2.01. The summed E-state index contributed by atoms with van der Waals surface area (Å²) in [5, 5.41) is 3.17. The van der Waals surface area contributed by atoms with Gasteiger partial charge in [0.05, 0.1) is 11.9 Å². The van der Waals surface area contributed by atoms with Crippen molar-refractivity contribution in [1.82, 2.24) is 15.0 Å². The van der Waals surface area contributed by atoms with Crippen LogP contribution in [0.3, 0.4) is 0 Å². The fourth-order valence-corrected chi connectivity index (χ4v) is 1.97. The maximum absolute atomic E-state index is 13.1. The van der Waals surface area contributed by atoms with Crippen molar-refractivity contribution in [2.75, 3.05) is 5.32 Å². The van der Waals surface area contributed by atoms with Crippen molar-refractivity contribution in [3.05, 3.63) is 72.1 Å². The Kier molecular flexibility index (Phi) is 4.42. The molecule has 0 saturated carbocycles. The van der Waals surface area contributed by atoms with Crippen LogP contribution in [0.15, 0.2) is 55.0 Å². The highest BCUT2D eigenvalue weighted by molar-refractivity contribution is 5.34. The molecule has 1 aromatic carbocycles. The molecule has 1 N–H and O–H groups in total. The van der Waals surface area contributed by atoms with Gasteiger partial charge in [0.25, 0.3) is 0 Å². The molecular weight excluding hydrogens is 295 g/mol. The van der Waals surface area contributed by atoms with Crippen molar-refractivity contribution in [3.63, 3.8) is 0 Å². The number of nitrogens with zero attached hydrogens (tertiary/aromatic N) is 3. The molecule has 0 unspecified atom stereocenters. The van der Waals surface area contributed by atoms with Crippen LogP contribution in [-0.2, 0) is 6.54 Å². The molecule has 0 aliphatic rings. The normalized spacial score (nSPS) is 10.3. The Morgan fingerprint density at radius 2 is 2.04 bits per heavy atom. The zero-order valence-corrected chi connectivity index (χ0v) is 12.5. The number of benzene rings is 1. The Balaban J connectivity index is 1.61. The minimum atomic E-state index is -0.345. The Labute approximate surface area is 133 Å². The van der Waals surface area contributed by atoms with Crippen molar-refractivity contribution in [2.24, 2.45) is 0 Å². The lowest BCUT2D eigenvalue weighted by Crippen LogP contribution is -2.03. The fourth-order valence-electron chi connectivity index (χ4n) is 1.97. The number of anilines is 1. The molecule has 3 rings (SSSR count). The monoisotopic (exact) mass is 310 g/mol. The lowest BCUT2D eigenvalue weighted by atomic mass is 10.3. The number of hydrogen-bond donors (Lipinski definition) is 1. The molecule has 0 bridgehead atoms. The van der Waals surface area contributed by atoms with Gasteiger partial charge in [-0.1, -0.05) is 12.1 Å². The molecule has 116 valence electrons. The molecule has 0 amide bonds. The number of pyridine rings is 1. The van der Waals surface area contributed by atoms with Crippen molar-refractivity contribution < 1.29 is 9.13 Å². The van der Waals surface area contributed by atoms with Crippen LogP contribution in [0.4, 0.5) is 10.2 Å². The topological polar surface area (TPSA) is 59.9 Å². The smallest absolute Gasteiger partial charge is 0.219 e. The van der Waals surface area contributed by atoms with Gasteiger partial charge >= 0.3 is 0 Å². The van der Waals surface area contributed by atoms with Gasteiger partial charge in [-0.2, -0.15) is 0 Å². The molecule has 0 spiro atoms. The van der Waals surface area contributed by atoms with Gasteiger partial charge in [-0.15, -0.1) is 0 Å². The zero-order valence-electron chi connectivity index (χ0n) is 12.5. The van der Waals surface area contributed by atoms with Gasteiger partial charge in [-0.05, 0) is 24.6 Å². The van der Waals surface area contributed by atoms with Gasteiger partial charge in [0.1, 0.15) is 17.4 Å². The van der Waals surface area contributed by atoms with E-state index in [4.69, 9.17) is 4.74 Å². The molecule has 23 heavy (non-hydrogen) atoms. The molecule has 0 saturated heterocycles. The molecule has 0 atom stereocenters. The quantitative estimate of drug-likeness (QED) is 0.778. The summed E-state index contributed by atoms with van der Waals surface area (Å²) < 4.78 is 18.6. The molecule has 0 fully saturated rings. The lowest BCUT2D eigenvalue weighted by molar-refractivity contribution is 0.458. The maximum Gasteiger partial charge on any atom is 0.219 e. The summed E-state index contributed by atoms with van der Waals surface area (Å²) in [5.41, 5.74) is 1.83. The van der Waals surface area contributed by atoms with Crippen LogP contribution in [-0.4, -0.2) is 15.0 Å². The van der Waals surface area contributed by atoms with Crippen LogP contribution in [0.25, 0.3) is 0 Å². The Bertz CT molecular complexity index is 793. The molecule has 0 aliphatic carbocycles. The first-order valence-corrected chi connectivity index (χ1v) is 7.10. The number of rotatable bonds is 5. The minimum absolute atomic E-state index is 0.345. The van der Waals surface area contributed by atoms with E-state index in [1.807, 2.05) is 13.0 Å². The van der Waals surface area contributed by atoms with Crippen LogP contribution >= 0.6 is 0 Å². The van der Waals surface area contributed by atoms with E-state index in [-0.39, 0.29) is 5.82 Å². The van der Waals surface area contributed by atoms with Gasteiger partial charge in [-0.3, -0.25) is 4.98 Å². The van der Waals surface area contributed by atoms with Crippen LogP contribution in [0.2, 0.25) is 0 Å². The van der Waals surface area contributed by atoms with E-state index in [0.29, 0.717) is 24.0 Å². The van der Waals surface area contributed by atoms with E-state index in [2.05, 4.69) is 20.3 Å². The summed E-state index contributed by atoms with van der Waals surface area (Å²) in [7, 11) is 0. The molecule has 3 aromatic rings. The van der Waals surface area contributed by atoms with Gasteiger partial charge in [-0.25, -0.2) is 14.4 Å². The first-order valence-electron chi connectivity index (χ1n) is 7.10. The Hall–Kier alpha value is -3.02. The van der Waals surface area contributed by atoms with E-state index in [1.165, 1.54) is 12.1 Å². The standard InChI is InChI=1S/C17H15FN4O/c1-12-8-19-11-16(22-12)20-9-13-5-6-17(21-10-13)23-15-4-2-3-14(18)7-15/h2-8,10-11H,9H2,1H3,(H,20,22). The van der Waals surface area contributed by atoms with E-state index >= 15 is 0 Å². The third-order valence-corrected chi connectivity index (χ3v) is 3.04. The zero-order chi connectivity index (χ0) is 16.1. The second-order valence-corrected chi connectivity index (χ2v) is 4.96. The van der Waals surface area contributed by atoms with Crippen LogP contribution < -0.4 is 10.1 Å². The van der Waals surface area contributed by atoms with Crippen molar-refractivity contribution in [1.29, 1.82) is 0 Å². The Morgan fingerprint density at radius 1 is 1.13 bits per heavy atom. The highest BCUT2D eigenvalue weighted by atomic mass is 19.1. The predicted octanol–water partition coefficient (Wildman–Crippen LogP) is 3.72. The third kappa shape index (κ3) is 4.23. The maximum atomic E-state index is 13.1. The van der Waals surface area contributed by atoms with E-state index < -0.39 is 0 Å². The van der Waals surface area contributed by atoms with Crippen molar-refractivity contribution >= 4 is 5.82 Å². The van der Waals surface area contributed by atoms with Crippen LogP contribution in [0, 0.1) is 12.7 Å². The minimum Gasteiger partial charge on any atom is -0.439 e. The number of nitrogens with one attached hydrogen (secondary N) is 1. The molecule has 6 heteroatoms. The predicted molar refractivity (Wildman–Crippen MR) is 84.8 cm³/mol. The molecule has 0 radical (unpaired) electrons. The van der Waals surface area contributed by atoms with E-state index in [0.717, 1.165) is 11.3 Å². The van der Waals surface area contributed by atoms with E-state index in [1.54, 1.807) is 36.8 Å². The largest absolute Gasteiger partial charge is 0.439 e. The highest BCUT2D eigenvalue weighted by Crippen LogP contribution is 2.20. The average molecular weight is 310 g/mol. The summed E-state index contributed by atoms with van der Waals surface area (Å²) in [6.07, 6.45) is 5.07. The van der Waals surface area contributed by atoms with Crippen molar-refractivity contribution in [3.8, 4) is 11.6 Å². The first-order chi connectivity index (χ1) is 11.2. The van der Waals surface area contributed by atoms with Crippen molar-refractivity contribution in [2.45, 2.75) is 13.5 Å². The SMILES string of the molecule is Cc1cncc(NCc2ccc(Oc3cccc(F)c3)nc2)n1. The fraction of sp³-hybridized carbons (Fsp3) is 0.118. The average Bonchev–Trinajstić information content (AvgIpc) is 2.54. The summed E-state index contributed by atoms with van der Waals surface area (Å²) in [4.78, 5) is 12.6. The summed E-state index contributed by atoms with van der Waals surface area (Å²) >= 11 is 0. The second-order valence-electron chi connectivity index (χ2n) is 4.96. The molecule has 2 heterocycles. The number of aromatic nitrogens is 3. The second kappa shape index (κ2) is 6.83. The molecular formula is C17H15FN4O. The van der Waals surface area contributed by atoms with Gasteiger partial charge in [0, 0.05) is 31.1 Å². The summed E-state index contributed by atoms with van der Waals surface area (Å²) in [5.74, 6) is 1.20. The number of halogens is 1. The number of aryl methyl sites for hydroxylation is 1. The summed E-state index contributed by atoms with van der Waals surface area (Å²) in [6.45, 7) is 2.46. The molecule has 5 nitrogen and oxygen atoms in total. The molecule has 2 aromatic heterocycles. The number of hydrogen-bond acceptors (Lipinski definition) is 5. The third-order valence-electron chi connectivity index (χ3n) is 3.04. The van der Waals surface area contributed by atoms with Gasteiger partial charge in [0.2, 0.25) is 5.88 Å². The Morgan fingerprint density at radius 3 is 2.78 bits per heavy atom. The molecule has 0 aliphatic heterocycles. The lowest BCUT2D eigenvalue weighted by Gasteiger charge is -2.07. The van der Waals surface area contributed by atoms with Gasteiger partial charge in [0.15, 0.2) is 0 Å². The van der Waals surface area contributed by atoms with Crippen LogP contribution in [0.5, 0.6) is 11.6 Å².